The summed E-state index contributed by atoms with van der Waals surface area (Å²) in [7, 11) is 0. The van der Waals surface area contributed by atoms with E-state index in [1.165, 1.54) is 12.2 Å². The Kier molecular flexibility index (Phi) is 4.82. The van der Waals surface area contributed by atoms with Crippen LogP contribution in [0.25, 0.3) is 0 Å². The maximum Gasteiger partial charge on any atom is 0.0642 e. The van der Waals surface area contributed by atoms with E-state index in [4.69, 9.17) is 17.3 Å². The maximum absolute atomic E-state index is 6.39. The summed E-state index contributed by atoms with van der Waals surface area (Å²) < 4.78 is 0. The molecule has 1 fully saturated rings. The first kappa shape index (κ1) is 14.0. The smallest absolute Gasteiger partial charge is 0.0642 e. The van der Waals surface area contributed by atoms with E-state index in [1.807, 2.05) is 13.0 Å². The van der Waals surface area contributed by atoms with E-state index >= 15 is 0 Å². The zero-order chi connectivity index (χ0) is 13.1. The van der Waals surface area contributed by atoms with E-state index in [9.17, 15) is 0 Å². The summed E-state index contributed by atoms with van der Waals surface area (Å²) in [5.41, 5.74) is 8.13. The van der Waals surface area contributed by atoms with Crippen LogP contribution in [0.1, 0.15) is 31.9 Å². The van der Waals surface area contributed by atoms with Crippen LogP contribution < -0.4 is 10.6 Å². The first-order valence-electron chi connectivity index (χ1n) is 6.53. The highest BCUT2D eigenvalue weighted by atomic mass is 35.5. The van der Waals surface area contributed by atoms with Crippen LogP contribution in [0.15, 0.2) is 18.2 Å². The molecule has 0 aliphatic carbocycles. The van der Waals surface area contributed by atoms with Crippen LogP contribution in [0.3, 0.4) is 0 Å². The van der Waals surface area contributed by atoms with Gasteiger partial charge in [-0.25, -0.2) is 0 Å². The summed E-state index contributed by atoms with van der Waals surface area (Å²) in [6.45, 7) is 6.41. The van der Waals surface area contributed by atoms with Gasteiger partial charge in [0, 0.05) is 30.1 Å². The fourth-order valence-corrected chi connectivity index (χ4v) is 3.74. The summed E-state index contributed by atoms with van der Waals surface area (Å²) >= 11 is 8.46. The second kappa shape index (κ2) is 6.18. The van der Waals surface area contributed by atoms with E-state index in [0.29, 0.717) is 0 Å². The minimum Gasteiger partial charge on any atom is -0.368 e. The van der Waals surface area contributed by atoms with Gasteiger partial charge < -0.3 is 10.6 Å². The number of hydrogen-bond donors (Lipinski definition) is 1. The monoisotopic (exact) mass is 284 g/mol. The highest BCUT2D eigenvalue weighted by molar-refractivity contribution is 8.00. The van der Waals surface area contributed by atoms with Crippen molar-refractivity contribution >= 4 is 29.1 Å². The van der Waals surface area contributed by atoms with Gasteiger partial charge in [0.05, 0.1) is 10.7 Å². The Morgan fingerprint density at radius 1 is 1.56 bits per heavy atom. The van der Waals surface area contributed by atoms with Gasteiger partial charge in [0.15, 0.2) is 0 Å². The van der Waals surface area contributed by atoms with E-state index in [2.05, 4.69) is 35.7 Å². The Morgan fingerprint density at radius 2 is 2.33 bits per heavy atom. The standard InChI is InChI=1S/C14H21ClN2S/c1-3-12-9-17(6-7-18-12)14-5-4-11(10(2)16)8-13(14)15/h4-5,8,10,12H,3,6-7,9,16H2,1-2H3. The average molecular weight is 285 g/mol. The van der Waals surface area contributed by atoms with Crippen molar-refractivity contribution in [2.45, 2.75) is 31.6 Å². The zero-order valence-corrected chi connectivity index (χ0v) is 12.6. The fraction of sp³-hybridized carbons (Fsp3) is 0.571. The second-order valence-electron chi connectivity index (χ2n) is 4.85. The first-order chi connectivity index (χ1) is 8.61. The van der Waals surface area contributed by atoms with E-state index in [1.54, 1.807) is 0 Å². The number of nitrogens with two attached hydrogens (primary N) is 1. The molecule has 0 saturated carbocycles. The maximum atomic E-state index is 6.39. The molecule has 4 heteroatoms. The predicted octanol–water partition coefficient (Wildman–Crippen LogP) is 3.69. The molecule has 2 rings (SSSR count). The van der Waals surface area contributed by atoms with Crippen LogP contribution in [0, 0.1) is 0 Å². The Balaban J connectivity index is 2.17. The Bertz CT molecular complexity index is 409. The number of halogens is 1. The van der Waals surface area contributed by atoms with Crippen molar-refractivity contribution in [2.75, 3.05) is 23.7 Å². The van der Waals surface area contributed by atoms with Crippen molar-refractivity contribution < 1.29 is 0 Å². The largest absolute Gasteiger partial charge is 0.368 e. The third-order valence-electron chi connectivity index (χ3n) is 3.43. The molecule has 2 N–H and O–H groups in total. The van der Waals surface area contributed by atoms with Crippen molar-refractivity contribution in [2.24, 2.45) is 5.73 Å². The Labute approximate surface area is 119 Å². The summed E-state index contributed by atoms with van der Waals surface area (Å²) in [4.78, 5) is 2.40. The molecular formula is C14H21ClN2S. The molecule has 1 aromatic carbocycles. The minimum atomic E-state index is 0.0388. The molecule has 18 heavy (non-hydrogen) atoms. The number of hydrogen-bond acceptors (Lipinski definition) is 3. The molecular weight excluding hydrogens is 264 g/mol. The van der Waals surface area contributed by atoms with Crippen molar-refractivity contribution in [3.05, 3.63) is 28.8 Å². The van der Waals surface area contributed by atoms with Crippen LogP contribution in [0.5, 0.6) is 0 Å². The van der Waals surface area contributed by atoms with Gasteiger partial charge in [-0.15, -0.1) is 0 Å². The topological polar surface area (TPSA) is 29.3 Å². The molecule has 1 aromatic rings. The lowest BCUT2D eigenvalue weighted by atomic mass is 10.1. The summed E-state index contributed by atoms with van der Waals surface area (Å²) in [5, 5.41) is 1.55. The lowest BCUT2D eigenvalue weighted by Gasteiger charge is -2.34. The van der Waals surface area contributed by atoms with Gasteiger partial charge in [0.1, 0.15) is 0 Å². The molecule has 0 bridgehead atoms. The predicted molar refractivity (Wildman–Crippen MR) is 82.8 cm³/mol. The molecule has 0 amide bonds. The Hall–Kier alpha value is -0.380. The van der Waals surface area contributed by atoms with E-state index < -0.39 is 0 Å². The van der Waals surface area contributed by atoms with Crippen LogP contribution in [0.4, 0.5) is 5.69 Å². The summed E-state index contributed by atoms with van der Waals surface area (Å²) in [6, 6.07) is 6.25. The molecule has 1 heterocycles. The molecule has 0 spiro atoms. The molecule has 1 saturated heterocycles. The third-order valence-corrected chi connectivity index (χ3v) is 5.11. The van der Waals surface area contributed by atoms with Gasteiger partial charge in [0.25, 0.3) is 0 Å². The number of rotatable bonds is 3. The third kappa shape index (κ3) is 3.14. The van der Waals surface area contributed by atoms with Gasteiger partial charge in [-0.1, -0.05) is 24.6 Å². The Morgan fingerprint density at radius 3 is 2.94 bits per heavy atom. The van der Waals surface area contributed by atoms with Gasteiger partial charge in [-0.05, 0) is 31.0 Å². The number of thioether (sulfide) groups is 1. The van der Waals surface area contributed by atoms with E-state index in [-0.39, 0.29) is 6.04 Å². The molecule has 2 unspecified atom stereocenters. The average Bonchev–Trinajstić information content (AvgIpc) is 2.38. The van der Waals surface area contributed by atoms with Gasteiger partial charge in [-0.2, -0.15) is 11.8 Å². The van der Waals surface area contributed by atoms with E-state index in [0.717, 1.165) is 34.6 Å². The van der Waals surface area contributed by atoms with Crippen LogP contribution in [-0.2, 0) is 0 Å². The highest BCUT2D eigenvalue weighted by Gasteiger charge is 2.20. The lowest BCUT2D eigenvalue weighted by Crippen LogP contribution is -2.37. The zero-order valence-electron chi connectivity index (χ0n) is 11.0. The molecule has 2 nitrogen and oxygen atoms in total. The van der Waals surface area contributed by atoms with Crippen molar-refractivity contribution in [1.82, 2.24) is 0 Å². The van der Waals surface area contributed by atoms with Gasteiger partial charge >= 0.3 is 0 Å². The minimum absolute atomic E-state index is 0.0388. The molecule has 2 atom stereocenters. The highest BCUT2D eigenvalue weighted by Crippen LogP contribution is 2.32. The van der Waals surface area contributed by atoms with Gasteiger partial charge in [0.2, 0.25) is 0 Å². The normalized spacial score (nSPS) is 22.0. The molecule has 0 aromatic heterocycles. The fourth-order valence-electron chi connectivity index (χ4n) is 2.25. The van der Waals surface area contributed by atoms with Crippen molar-refractivity contribution in [1.29, 1.82) is 0 Å². The van der Waals surface area contributed by atoms with Crippen LogP contribution >= 0.6 is 23.4 Å². The molecule has 100 valence electrons. The SMILES string of the molecule is CCC1CN(c2ccc(C(C)N)cc2Cl)CCS1. The summed E-state index contributed by atoms with van der Waals surface area (Å²) in [6.07, 6.45) is 1.22. The van der Waals surface area contributed by atoms with Crippen molar-refractivity contribution in [3.63, 3.8) is 0 Å². The quantitative estimate of drug-likeness (QED) is 0.918. The number of benzene rings is 1. The molecule has 1 aliphatic rings. The lowest BCUT2D eigenvalue weighted by molar-refractivity contribution is 0.727. The molecule has 0 radical (unpaired) electrons. The van der Waals surface area contributed by atoms with Crippen LogP contribution in [0.2, 0.25) is 5.02 Å². The van der Waals surface area contributed by atoms with Crippen LogP contribution in [-0.4, -0.2) is 24.1 Å². The summed E-state index contributed by atoms with van der Waals surface area (Å²) in [5.74, 6) is 1.18. The number of nitrogens with zero attached hydrogens (tertiary/aromatic N) is 1. The number of anilines is 1. The first-order valence-corrected chi connectivity index (χ1v) is 7.96. The molecule has 1 aliphatic heterocycles. The van der Waals surface area contributed by atoms with Crippen molar-refractivity contribution in [3.8, 4) is 0 Å². The second-order valence-corrected chi connectivity index (χ2v) is 6.66. The van der Waals surface area contributed by atoms with Gasteiger partial charge in [-0.3, -0.25) is 0 Å².